The van der Waals surface area contributed by atoms with Crippen molar-refractivity contribution in [3.8, 4) is 5.75 Å². The molecule has 5 nitrogen and oxygen atoms in total. The molecule has 3 rings (SSSR count). The first-order valence-electron chi connectivity index (χ1n) is 7.96. The van der Waals surface area contributed by atoms with Gasteiger partial charge in [-0.05, 0) is 48.0 Å². The molecule has 0 unspecified atom stereocenters. The molecule has 0 saturated carbocycles. The Bertz CT molecular complexity index is 915. The molecule has 1 amide bonds. The van der Waals surface area contributed by atoms with Crippen LogP contribution in [0.15, 0.2) is 60.8 Å². The number of carbonyl (C=O) groups is 2. The fraction of sp³-hybridized carbons (Fsp3) is 0.100. The molecule has 0 spiro atoms. The van der Waals surface area contributed by atoms with Gasteiger partial charge < -0.3 is 15.0 Å². The van der Waals surface area contributed by atoms with Gasteiger partial charge in [0, 0.05) is 23.9 Å². The molecule has 0 aliphatic carbocycles. The zero-order valence-electron chi connectivity index (χ0n) is 14.1. The number of aromatic amines is 1. The van der Waals surface area contributed by atoms with Crippen LogP contribution in [-0.4, -0.2) is 23.8 Å². The lowest BCUT2D eigenvalue weighted by molar-refractivity contribution is 0.0946. The molecule has 0 radical (unpaired) electrons. The van der Waals surface area contributed by atoms with Crippen LogP contribution in [0, 0.1) is 5.82 Å². The molecule has 2 N–H and O–H groups in total. The maximum atomic E-state index is 12.9. The summed E-state index contributed by atoms with van der Waals surface area (Å²) < 4.78 is 17.9. The predicted molar refractivity (Wildman–Crippen MR) is 94.8 cm³/mol. The Morgan fingerprint density at radius 3 is 2.38 bits per heavy atom. The van der Waals surface area contributed by atoms with E-state index in [0.717, 1.165) is 5.56 Å². The van der Waals surface area contributed by atoms with Crippen LogP contribution in [0.4, 0.5) is 4.39 Å². The van der Waals surface area contributed by atoms with Crippen molar-refractivity contribution >= 4 is 11.7 Å². The summed E-state index contributed by atoms with van der Waals surface area (Å²) in [5.74, 6) is -0.202. The Kier molecular flexibility index (Phi) is 5.12. The maximum absolute atomic E-state index is 12.9. The van der Waals surface area contributed by atoms with Crippen LogP contribution in [0.2, 0.25) is 0 Å². The molecular weight excluding hydrogens is 335 g/mol. The molecule has 0 fully saturated rings. The van der Waals surface area contributed by atoms with Gasteiger partial charge in [0.15, 0.2) is 5.78 Å². The fourth-order valence-electron chi connectivity index (χ4n) is 2.45. The number of benzene rings is 2. The summed E-state index contributed by atoms with van der Waals surface area (Å²) in [5, 5.41) is 2.72. The van der Waals surface area contributed by atoms with Gasteiger partial charge in [0.2, 0.25) is 0 Å². The van der Waals surface area contributed by atoms with E-state index in [-0.39, 0.29) is 29.7 Å². The lowest BCUT2D eigenvalue weighted by Gasteiger charge is -2.04. The number of hydrogen-bond acceptors (Lipinski definition) is 3. The van der Waals surface area contributed by atoms with Gasteiger partial charge in [-0.25, -0.2) is 4.39 Å². The summed E-state index contributed by atoms with van der Waals surface area (Å²) in [7, 11) is 1.56. The number of H-pyrrole nitrogens is 1. The Labute approximate surface area is 149 Å². The van der Waals surface area contributed by atoms with Gasteiger partial charge in [-0.2, -0.15) is 0 Å². The minimum atomic E-state index is -0.344. The highest BCUT2D eigenvalue weighted by atomic mass is 19.1. The molecule has 0 atom stereocenters. The average molecular weight is 352 g/mol. The standard InChI is InChI=1S/C20H17FN2O3/c1-26-17-8-4-14(5-9-17)19(24)15-10-18(22-12-15)20(25)23-11-13-2-6-16(21)7-3-13/h2-10,12,22H,11H2,1H3,(H,23,25). The number of ether oxygens (including phenoxy) is 1. The highest BCUT2D eigenvalue weighted by molar-refractivity contribution is 6.10. The molecule has 2 aromatic carbocycles. The quantitative estimate of drug-likeness (QED) is 0.669. The molecule has 1 aromatic heterocycles. The monoisotopic (exact) mass is 352 g/mol. The SMILES string of the molecule is COc1ccc(C(=O)c2c[nH]c(C(=O)NCc3ccc(F)cc3)c2)cc1. The summed E-state index contributed by atoms with van der Waals surface area (Å²) in [6, 6.07) is 14.1. The van der Waals surface area contributed by atoms with Crippen molar-refractivity contribution in [1.29, 1.82) is 0 Å². The number of nitrogens with one attached hydrogen (secondary N) is 2. The van der Waals surface area contributed by atoms with Gasteiger partial charge in [0.25, 0.3) is 5.91 Å². The number of aromatic nitrogens is 1. The van der Waals surface area contributed by atoms with Gasteiger partial charge in [0.1, 0.15) is 17.3 Å². The summed E-state index contributed by atoms with van der Waals surface area (Å²) in [6.45, 7) is 0.264. The van der Waals surface area contributed by atoms with Crippen molar-refractivity contribution < 1.29 is 18.7 Å². The van der Waals surface area contributed by atoms with Crippen LogP contribution in [0.5, 0.6) is 5.75 Å². The van der Waals surface area contributed by atoms with E-state index in [4.69, 9.17) is 4.74 Å². The second-order valence-electron chi connectivity index (χ2n) is 5.67. The van der Waals surface area contributed by atoms with Crippen molar-refractivity contribution in [3.05, 3.63) is 89.0 Å². The lowest BCUT2D eigenvalue weighted by Crippen LogP contribution is -2.23. The molecule has 6 heteroatoms. The number of halogens is 1. The van der Waals surface area contributed by atoms with Gasteiger partial charge in [-0.15, -0.1) is 0 Å². The molecule has 0 aliphatic heterocycles. The Morgan fingerprint density at radius 2 is 1.73 bits per heavy atom. The highest BCUT2D eigenvalue weighted by Crippen LogP contribution is 2.16. The van der Waals surface area contributed by atoms with E-state index >= 15 is 0 Å². The predicted octanol–water partition coefficient (Wildman–Crippen LogP) is 3.32. The average Bonchev–Trinajstić information content (AvgIpc) is 3.17. The Morgan fingerprint density at radius 1 is 1.04 bits per heavy atom. The van der Waals surface area contributed by atoms with Crippen LogP contribution < -0.4 is 10.1 Å². The largest absolute Gasteiger partial charge is 0.497 e. The minimum absolute atomic E-state index is 0.193. The highest BCUT2D eigenvalue weighted by Gasteiger charge is 2.14. The Balaban J connectivity index is 1.65. The zero-order chi connectivity index (χ0) is 18.5. The molecule has 132 valence electrons. The fourth-order valence-corrected chi connectivity index (χ4v) is 2.45. The van der Waals surface area contributed by atoms with Crippen molar-refractivity contribution in [2.75, 3.05) is 7.11 Å². The molecule has 1 heterocycles. The van der Waals surface area contributed by atoms with E-state index < -0.39 is 0 Å². The van der Waals surface area contributed by atoms with Crippen LogP contribution in [-0.2, 0) is 6.54 Å². The number of ketones is 1. The van der Waals surface area contributed by atoms with Crippen LogP contribution in [0.1, 0.15) is 32.0 Å². The topological polar surface area (TPSA) is 71.2 Å². The van der Waals surface area contributed by atoms with Gasteiger partial charge in [0.05, 0.1) is 7.11 Å². The van der Waals surface area contributed by atoms with Gasteiger partial charge in [-0.1, -0.05) is 12.1 Å². The third-order valence-electron chi connectivity index (χ3n) is 3.91. The summed E-state index contributed by atoms with van der Waals surface area (Å²) in [5.41, 5.74) is 1.95. The molecule has 0 aliphatic rings. The normalized spacial score (nSPS) is 10.4. The van der Waals surface area contributed by atoms with E-state index in [1.54, 1.807) is 43.5 Å². The van der Waals surface area contributed by atoms with Crippen molar-refractivity contribution in [2.24, 2.45) is 0 Å². The van der Waals surface area contributed by atoms with Gasteiger partial charge >= 0.3 is 0 Å². The summed E-state index contributed by atoms with van der Waals surface area (Å²) in [6.07, 6.45) is 1.50. The Hall–Kier alpha value is -3.41. The first-order valence-corrected chi connectivity index (χ1v) is 7.96. The maximum Gasteiger partial charge on any atom is 0.267 e. The second-order valence-corrected chi connectivity index (χ2v) is 5.67. The van der Waals surface area contributed by atoms with E-state index in [1.807, 2.05) is 0 Å². The van der Waals surface area contributed by atoms with Crippen LogP contribution in [0.25, 0.3) is 0 Å². The third kappa shape index (κ3) is 3.97. The number of hydrogen-bond donors (Lipinski definition) is 2. The summed E-state index contributed by atoms with van der Waals surface area (Å²) in [4.78, 5) is 27.5. The number of carbonyl (C=O) groups excluding carboxylic acids is 2. The van der Waals surface area contributed by atoms with Crippen molar-refractivity contribution in [3.63, 3.8) is 0 Å². The zero-order valence-corrected chi connectivity index (χ0v) is 14.1. The second kappa shape index (κ2) is 7.65. The lowest BCUT2D eigenvalue weighted by atomic mass is 10.1. The minimum Gasteiger partial charge on any atom is -0.497 e. The smallest absolute Gasteiger partial charge is 0.267 e. The molecular formula is C20H17FN2O3. The van der Waals surface area contributed by atoms with Crippen molar-refractivity contribution in [1.82, 2.24) is 10.3 Å². The molecule has 3 aromatic rings. The first kappa shape index (κ1) is 17.4. The van der Waals surface area contributed by atoms with E-state index in [1.165, 1.54) is 24.4 Å². The number of methoxy groups -OCH3 is 1. The number of rotatable bonds is 6. The van der Waals surface area contributed by atoms with E-state index in [0.29, 0.717) is 16.9 Å². The summed E-state index contributed by atoms with van der Waals surface area (Å²) >= 11 is 0. The van der Waals surface area contributed by atoms with E-state index in [2.05, 4.69) is 10.3 Å². The molecule has 26 heavy (non-hydrogen) atoms. The number of amides is 1. The first-order chi connectivity index (χ1) is 12.6. The molecule has 0 bridgehead atoms. The third-order valence-corrected chi connectivity index (χ3v) is 3.91. The molecule has 0 saturated heterocycles. The van der Waals surface area contributed by atoms with Crippen molar-refractivity contribution in [2.45, 2.75) is 6.54 Å². The van der Waals surface area contributed by atoms with Gasteiger partial charge in [-0.3, -0.25) is 9.59 Å². The van der Waals surface area contributed by atoms with Crippen LogP contribution >= 0.6 is 0 Å². The van der Waals surface area contributed by atoms with E-state index in [9.17, 15) is 14.0 Å². The van der Waals surface area contributed by atoms with Crippen LogP contribution in [0.3, 0.4) is 0 Å².